The number of aryl methyl sites for hydroxylation is 1. The Labute approximate surface area is 249 Å². The minimum Gasteiger partial charge on any atom is -0.465 e. The van der Waals surface area contributed by atoms with E-state index in [1.807, 2.05) is 63.2 Å². The molecule has 1 heterocycles. The number of hydrogen-bond acceptors (Lipinski definition) is 6. The van der Waals surface area contributed by atoms with E-state index in [4.69, 9.17) is 16.0 Å². The number of aromatic nitrogens is 1. The van der Waals surface area contributed by atoms with Crippen LogP contribution in [0.2, 0.25) is 5.02 Å². The highest BCUT2D eigenvalue weighted by atomic mass is 35.5. The zero-order valence-electron chi connectivity index (χ0n) is 24.3. The molecule has 10 heteroatoms. The van der Waals surface area contributed by atoms with E-state index in [0.29, 0.717) is 34.6 Å². The molecular formula is C32H35ClN4O5. The summed E-state index contributed by atoms with van der Waals surface area (Å²) in [7, 11) is 1.72. The van der Waals surface area contributed by atoms with E-state index in [2.05, 4.69) is 10.3 Å². The van der Waals surface area contributed by atoms with Gasteiger partial charge >= 0.3 is 11.7 Å². The van der Waals surface area contributed by atoms with E-state index in [1.165, 1.54) is 4.90 Å². The average Bonchev–Trinajstić information content (AvgIpc) is 2.92. The molecule has 0 unspecified atom stereocenters. The monoisotopic (exact) mass is 590 g/mol. The number of halogens is 1. The van der Waals surface area contributed by atoms with Crippen LogP contribution in [0.4, 0.5) is 10.8 Å². The Morgan fingerprint density at radius 3 is 2.29 bits per heavy atom. The van der Waals surface area contributed by atoms with Crippen molar-refractivity contribution in [3.63, 3.8) is 0 Å². The number of carbonyl (C=O) groups excluding carboxylic acids is 1. The van der Waals surface area contributed by atoms with E-state index in [1.54, 1.807) is 43.1 Å². The van der Waals surface area contributed by atoms with Crippen LogP contribution in [-0.2, 0) is 24.3 Å². The standard InChI is InChI=1S/C32H35ClN4O5/c1-20-23(19-37(31(40)41)32(2,3)4)13-16-25-27(20)29(39)42-30(34-25)35-26(17-21-11-14-24(33)15-12-21)28(38)36(5)18-22-9-7-6-8-10-22/h6-16,26H,17-19H2,1-5H3,(H,34,35)(H,40,41)/t26-/m0/s1. The molecule has 9 nitrogen and oxygen atoms in total. The van der Waals surface area contributed by atoms with E-state index in [9.17, 15) is 19.5 Å². The number of fused-ring (bicyclic) bond motifs is 1. The second kappa shape index (κ2) is 12.7. The molecule has 1 atom stereocenters. The van der Waals surface area contributed by atoms with Crippen molar-refractivity contribution in [2.45, 2.75) is 58.8 Å². The van der Waals surface area contributed by atoms with Crippen molar-refractivity contribution < 1.29 is 19.1 Å². The smallest absolute Gasteiger partial charge is 0.408 e. The van der Waals surface area contributed by atoms with Crippen molar-refractivity contribution in [3.8, 4) is 0 Å². The van der Waals surface area contributed by atoms with Gasteiger partial charge in [-0.05, 0) is 68.1 Å². The molecule has 0 aliphatic carbocycles. The molecule has 3 aromatic carbocycles. The zero-order valence-corrected chi connectivity index (χ0v) is 25.1. The molecule has 1 aromatic heterocycles. The molecule has 4 rings (SSSR count). The maximum Gasteiger partial charge on any atom is 0.408 e. The molecule has 0 aliphatic rings. The average molecular weight is 591 g/mol. The second-order valence-corrected chi connectivity index (χ2v) is 11.7. The molecular weight excluding hydrogens is 556 g/mol. The number of rotatable bonds is 9. The molecule has 42 heavy (non-hydrogen) atoms. The number of nitrogens with one attached hydrogen (secondary N) is 1. The molecule has 0 radical (unpaired) electrons. The molecule has 0 bridgehead atoms. The molecule has 4 aromatic rings. The summed E-state index contributed by atoms with van der Waals surface area (Å²) in [5, 5.41) is 13.6. The minimum absolute atomic E-state index is 0.0815. The number of nitrogens with zero attached hydrogens (tertiary/aromatic N) is 3. The summed E-state index contributed by atoms with van der Waals surface area (Å²) in [4.78, 5) is 46.2. The van der Waals surface area contributed by atoms with Gasteiger partial charge in [0.1, 0.15) is 6.04 Å². The topological polar surface area (TPSA) is 116 Å². The van der Waals surface area contributed by atoms with Crippen LogP contribution >= 0.6 is 11.6 Å². The lowest BCUT2D eigenvalue weighted by molar-refractivity contribution is -0.131. The van der Waals surface area contributed by atoms with Gasteiger partial charge in [-0.15, -0.1) is 0 Å². The maximum absolute atomic E-state index is 13.6. The van der Waals surface area contributed by atoms with Gasteiger partial charge in [0, 0.05) is 37.1 Å². The van der Waals surface area contributed by atoms with Crippen molar-refractivity contribution in [2.75, 3.05) is 12.4 Å². The number of amides is 2. The third-order valence-electron chi connectivity index (χ3n) is 7.13. The first-order valence-electron chi connectivity index (χ1n) is 13.6. The van der Waals surface area contributed by atoms with Crippen LogP contribution < -0.4 is 10.9 Å². The third kappa shape index (κ3) is 7.28. The lowest BCUT2D eigenvalue weighted by Gasteiger charge is -2.33. The van der Waals surface area contributed by atoms with Crippen LogP contribution in [0.1, 0.15) is 43.0 Å². The van der Waals surface area contributed by atoms with Gasteiger partial charge in [0.2, 0.25) is 5.91 Å². The fourth-order valence-corrected chi connectivity index (χ4v) is 4.89. The number of carboxylic acid groups (broad SMARTS) is 1. The van der Waals surface area contributed by atoms with Crippen LogP contribution in [0, 0.1) is 6.92 Å². The summed E-state index contributed by atoms with van der Waals surface area (Å²) in [6, 6.07) is 19.4. The number of hydrogen-bond donors (Lipinski definition) is 2. The quantitative estimate of drug-likeness (QED) is 0.241. The zero-order chi connectivity index (χ0) is 30.6. The second-order valence-electron chi connectivity index (χ2n) is 11.3. The summed E-state index contributed by atoms with van der Waals surface area (Å²) in [6.45, 7) is 7.68. The fraction of sp³-hybridized carbons (Fsp3) is 0.312. The predicted molar refractivity (Wildman–Crippen MR) is 164 cm³/mol. The summed E-state index contributed by atoms with van der Waals surface area (Å²) in [5.74, 6) is -0.208. The minimum atomic E-state index is -1.06. The predicted octanol–water partition coefficient (Wildman–Crippen LogP) is 6.11. The Kier molecular flexibility index (Phi) is 9.21. The first kappa shape index (κ1) is 30.6. The molecule has 0 fully saturated rings. The first-order chi connectivity index (χ1) is 19.8. The maximum atomic E-state index is 13.6. The summed E-state index contributed by atoms with van der Waals surface area (Å²) >= 11 is 6.06. The van der Waals surface area contributed by atoms with Crippen molar-refractivity contribution in [3.05, 3.63) is 104 Å². The van der Waals surface area contributed by atoms with Crippen LogP contribution in [0.3, 0.4) is 0 Å². The summed E-state index contributed by atoms with van der Waals surface area (Å²) in [5.41, 5.74) is 2.22. The third-order valence-corrected chi connectivity index (χ3v) is 7.38. The number of carbonyl (C=O) groups is 2. The molecule has 0 saturated heterocycles. The Morgan fingerprint density at radius 2 is 1.67 bits per heavy atom. The van der Waals surface area contributed by atoms with Gasteiger partial charge in [0.15, 0.2) is 0 Å². The molecule has 2 amide bonds. The van der Waals surface area contributed by atoms with Gasteiger partial charge in [-0.2, -0.15) is 4.98 Å². The molecule has 0 saturated carbocycles. The van der Waals surface area contributed by atoms with E-state index in [-0.39, 0.29) is 23.9 Å². The van der Waals surface area contributed by atoms with Crippen LogP contribution in [0.25, 0.3) is 10.9 Å². The van der Waals surface area contributed by atoms with Gasteiger partial charge in [-0.25, -0.2) is 9.59 Å². The Balaban J connectivity index is 1.65. The van der Waals surface area contributed by atoms with Gasteiger partial charge in [0.25, 0.3) is 6.01 Å². The Morgan fingerprint density at radius 1 is 1.00 bits per heavy atom. The normalized spacial score (nSPS) is 12.1. The summed E-state index contributed by atoms with van der Waals surface area (Å²) < 4.78 is 5.58. The number of likely N-dealkylation sites (N-methyl/N-ethyl adjacent to an activating group) is 1. The van der Waals surface area contributed by atoms with E-state index < -0.39 is 23.3 Å². The van der Waals surface area contributed by atoms with Crippen molar-refractivity contribution in [1.82, 2.24) is 14.8 Å². The molecule has 0 spiro atoms. The van der Waals surface area contributed by atoms with Crippen LogP contribution in [-0.4, -0.2) is 50.5 Å². The highest BCUT2D eigenvalue weighted by Gasteiger charge is 2.28. The lowest BCUT2D eigenvalue weighted by Crippen LogP contribution is -2.44. The number of benzene rings is 3. The van der Waals surface area contributed by atoms with Gasteiger partial charge in [-0.3, -0.25) is 9.69 Å². The van der Waals surface area contributed by atoms with Crippen molar-refractivity contribution in [2.24, 2.45) is 0 Å². The fourth-order valence-electron chi connectivity index (χ4n) is 4.76. The van der Waals surface area contributed by atoms with Gasteiger partial charge in [0.05, 0.1) is 10.9 Å². The molecule has 0 aliphatic heterocycles. The Hall–Kier alpha value is -4.37. The molecule has 220 valence electrons. The lowest BCUT2D eigenvalue weighted by atomic mass is 10.0. The van der Waals surface area contributed by atoms with Crippen molar-refractivity contribution >= 4 is 40.5 Å². The Bertz CT molecular complexity index is 1630. The summed E-state index contributed by atoms with van der Waals surface area (Å²) in [6.07, 6.45) is -0.755. The highest BCUT2D eigenvalue weighted by Crippen LogP contribution is 2.24. The van der Waals surface area contributed by atoms with E-state index >= 15 is 0 Å². The van der Waals surface area contributed by atoms with Gasteiger partial charge < -0.3 is 19.7 Å². The highest BCUT2D eigenvalue weighted by molar-refractivity contribution is 6.30. The van der Waals surface area contributed by atoms with Crippen LogP contribution in [0.15, 0.2) is 75.9 Å². The largest absolute Gasteiger partial charge is 0.465 e. The van der Waals surface area contributed by atoms with Gasteiger partial charge in [-0.1, -0.05) is 60.1 Å². The molecule has 2 N–H and O–H groups in total. The van der Waals surface area contributed by atoms with Crippen molar-refractivity contribution in [1.29, 1.82) is 0 Å². The van der Waals surface area contributed by atoms with E-state index in [0.717, 1.165) is 11.1 Å². The van der Waals surface area contributed by atoms with Crippen LogP contribution in [0.5, 0.6) is 0 Å². The number of anilines is 1. The first-order valence-corrected chi connectivity index (χ1v) is 13.9. The SMILES string of the molecule is Cc1c(CN(C(=O)O)C(C)(C)C)ccc2nc(N[C@@H](Cc3ccc(Cl)cc3)C(=O)N(C)Cc3ccccc3)oc(=O)c12.